The van der Waals surface area contributed by atoms with Crippen molar-refractivity contribution in [2.45, 2.75) is 6.92 Å². The van der Waals surface area contributed by atoms with Crippen molar-refractivity contribution in [1.82, 2.24) is 4.98 Å². The van der Waals surface area contributed by atoms with Crippen LogP contribution < -0.4 is 19.6 Å². The van der Waals surface area contributed by atoms with E-state index in [0.29, 0.717) is 44.9 Å². The van der Waals surface area contributed by atoms with Crippen molar-refractivity contribution in [1.29, 1.82) is 0 Å². The van der Waals surface area contributed by atoms with Crippen LogP contribution in [0.25, 0.3) is 22.1 Å². The van der Waals surface area contributed by atoms with Crippen LogP contribution in [-0.4, -0.2) is 25.2 Å². The zero-order valence-corrected chi connectivity index (χ0v) is 17.2. The average molecular weight is 417 g/mol. The number of rotatable bonds is 5. The van der Waals surface area contributed by atoms with Crippen LogP contribution in [0, 0.1) is 6.92 Å². The van der Waals surface area contributed by atoms with Crippen LogP contribution in [0.3, 0.4) is 0 Å². The van der Waals surface area contributed by atoms with E-state index in [4.69, 9.17) is 18.6 Å². The van der Waals surface area contributed by atoms with Gasteiger partial charge in [-0.3, -0.25) is 9.78 Å². The molecule has 0 aliphatic heterocycles. The molecule has 4 rings (SSSR count). The Morgan fingerprint density at radius 2 is 1.68 bits per heavy atom. The van der Waals surface area contributed by atoms with Gasteiger partial charge in [-0.25, -0.2) is 4.79 Å². The van der Waals surface area contributed by atoms with Crippen LogP contribution >= 0.6 is 0 Å². The normalized spacial score (nSPS) is 10.7. The number of aryl methyl sites for hydroxylation is 1. The number of ether oxygens (including phenoxy) is 3. The molecule has 2 aromatic carbocycles. The molecule has 0 saturated carbocycles. The van der Waals surface area contributed by atoms with Crippen LogP contribution in [0.2, 0.25) is 0 Å². The van der Waals surface area contributed by atoms with E-state index in [1.807, 2.05) is 0 Å². The van der Waals surface area contributed by atoms with E-state index in [-0.39, 0.29) is 11.2 Å². The molecule has 4 aromatic rings. The molecule has 0 radical (unpaired) electrons. The maximum Gasteiger partial charge on any atom is 0.343 e. The molecule has 0 fully saturated rings. The summed E-state index contributed by atoms with van der Waals surface area (Å²) in [5.41, 5.74) is 1.58. The molecular formula is C24H19NO6. The summed E-state index contributed by atoms with van der Waals surface area (Å²) < 4.78 is 21.9. The Morgan fingerprint density at radius 1 is 0.935 bits per heavy atom. The van der Waals surface area contributed by atoms with E-state index >= 15 is 0 Å². The highest BCUT2D eigenvalue weighted by Crippen LogP contribution is 2.33. The van der Waals surface area contributed by atoms with E-state index in [2.05, 4.69) is 4.98 Å². The highest BCUT2D eigenvalue weighted by atomic mass is 16.5. The van der Waals surface area contributed by atoms with Gasteiger partial charge in [0.25, 0.3) is 0 Å². The molecule has 0 aliphatic rings. The lowest BCUT2D eigenvalue weighted by atomic mass is 10.0. The molecule has 2 aromatic heterocycles. The summed E-state index contributed by atoms with van der Waals surface area (Å²) in [6.07, 6.45) is 3.02. The first-order chi connectivity index (χ1) is 15.0. The SMILES string of the molecule is COc1ccc(-c2c(C)oc3cc(OC(=O)c4ccncc4)ccc3c2=O)cc1OC. The number of hydrogen-bond acceptors (Lipinski definition) is 7. The minimum absolute atomic E-state index is 0.196. The minimum atomic E-state index is -0.525. The summed E-state index contributed by atoms with van der Waals surface area (Å²) in [4.78, 5) is 29.4. The van der Waals surface area contributed by atoms with E-state index < -0.39 is 5.97 Å². The maximum absolute atomic E-state index is 13.2. The zero-order chi connectivity index (χ0) is 22.0. The lowest BCUT2D eigenvalue weighted by Gasteiger charge is -2.12. The number of aromatic nitrogens is 1. The van der Waals surface area contributed by atoms with E-state index in [9.17, 15) is 9.59 Å². The standard InChI is InChI=1S/C24H19NO6/c1-14-22(16-4-7-19(28-2)21(12-16)29-3)23(26)18-6-5-17(13-20(18)30-14)31-24(27)15-8-10-25-11-9-15/h4-13H,1-3H3. The Morgan fingerprint density at radius 3 is 2.39 bits per heavy atom. The van der Waals surface area contributed by atoms with Crippen LogP contribution in [0.4, 0.5) is 0 Å². The molecule has 0 unspecified atom stereocenters. The summed E-state index contributed by atoms with van der Waals surface area (Å²) in [5.74, 6) is 1.26. The fourth-order valence-electron chi connectivity index (χ4n) is 3.33. The third-order valence-electron chi connectivity index (χ3n) is 4.84. The summed E-state index contributed by atoms with van der Waals surface area (Å²) in [5, 5.41) is 0.374. The molecule has 0 aliphatic carbocycles. The number of esters is 1. The van der Waals surface area contributed by atoms with E-state index in [1.165, 1.54) is 25.6 Å². The van der Waals surface area contributed by atoms with E-state index in [1.54, 1.807) is 56.5 Å². The topological polar surface area (TPSA) is 87.9 Å². The first-order valence-electron chi connectivity index (χ1n) is 9.44. The van der Waals surface area contributed by atoms with E-state index in [0.717, 1.165) is 0 Å². The summed E-state index contributed by atoms with van der Waals surface area (Å²) in [6, 6.07) is 13.0. The first-order valence-corrected chi connectivity index (χ1v) is 9.44. The van der Waals surface area contributed by atoms with Crippen molar-refractivity contribution in [3.05, 3.63) is 82.5 Å². The molecule has 0 bridgehead atoms. The number of benzene rings is 2. The second-order valence-electron chi connectivity index (χ2n) is 6.72. The fraction of sp³-hybridized carbons (Fsp3) is 0.125. The van der Waals surface area contributed by atoms with Gasteiger partial charge in [0.1, 0.15) is 17.1 Å². The summed E-state index contributed by atoms with van der Waals surface area (Å²) in [6.45, 7) is 1.71. The average Bonchev–Trinajstić information content (AvgIpc) is 2.79. The van der Waals surface area contributed by atoms with Gasteiger partial charge < -0.3 is 18.6 Å². The van der Waals surface area contributed by atoms with Crippen LogP contribution in [0.5, 0.6) is 17.2 Å². The van der Waals surface area contributed by atoms with Crippen LogP contribution in [-0.2, 0) is 0 Å². The largest absolute Gasteiger partial charge is 0.493 e. The molecule has 7 heteroatoms. The van der Waals surface area contributed by atoms with Gasteiger partial charge in [0.2, 0.25) is 5.43 Å². The molecule has 2 heterocycles. The zero-order valence-electron chi connectivity index (χ0n) is 17.2. The molecule has 0 atom stereocenters. The smallest absolute Gasteiger partial charge is 0.343 e. The monoisotopic (exact) mass is 417 g/mol. The van der Waals surface area contributed by atoms with Gasteiger partial charge in [0.05, 0.1) is 30.7 Å². The van der Waals surface area contributed by atoms with Crippen molar-refractivity contribution in [2.75, 3.05) is 14.2 Å². The molecule has 0 saturated heterocycles. The third kappa shape index (κ3) is 3.85. The van der Waals surface area contributed by atoms with Gasteiger partial charge >= 0.3 is 5.97 Å². The highest BCUT2D eigenvalue weighted by molar-refractivity contribution is 5.91. The lowest BCUT2D eigenvalue weighted by molar-refractivity contribution is 0.0735. The van der Waals surface area contributed by atoms with Gasteiger partial charge in [-0.15, -0.1) is 0 Å². The predicted octanol–water partition coefficient (Wildman–Crippen LogP) is 4.40. The van der Waals surface area contributed by atoms with Crippen molar-refractivity contribution in [2.24, 2.45) is 0 Å². The Kier molecular flexibility index (Phi) is 5.41. The van der Waals surface area contributed by atoms with Gasteiger partial charge in [0.15, 0.2) is 11.5 Å². The van der Waals surface area contributed by atoms with Crippen molar-refractivity contribution in [3.8, 4) is 28.4 Å². The number of hydrogen-bond donors (Lipinski definition) is 0. The number of pyridine rings is 1. The number of fused-ring (bicyclic) bond motifs is 1. The molecule has 156 valence electrons. The molecular weight excluding hydrogens is 398 g/mol. The van der Waals surface area contributed by atoms with Crippen molar-refractivity contribution in [3.63, 3.8) is 0 Å². The molecule has 31 heavy (non-hydrogen) atoms. The first kappa shape index (κ1) is 20.2. The Hall–Kier alpha value is -4.13. The van der Waals surface area contributed by atoms with Crippen molar-refractivity contribution < 1.29 is 23.4 Å². The van der Waals surface area contributed by atoms with Gasteiger partial charge in [-0.1, -0.05) is 6.07 Å². The number of nitrogens with zero attached hydrogens (tertiary/aromatic N) is 1. The second-order valence-corrected chi connectivity index (χ2v) is 6.72. The number of carbonyl (C=O) groups excluding carboxylic acids is 1. The number of methoxy groups -OCH3 is 2. The Balaban J connectivity index is 1.74. The Bertz CT molecular complexity index is 1330. The Labute approximate surface area is 177 Å². The van der Waals surface area contributed by atoms with Crippen LogP contribution in [0.1, 0.15) is 16.1 Å². The summed E-state index contributed by atoms with van der Waals surface area (Å²) in [7, 11) is 3.08. The van der Waals surface area contributed by atoms with Gasteiger partial charge in [-0.05, 0) is 48.9 Å². The quantitative estimate of drug-likeness (QED) is 0.351. The lowest BCUT2D eigenvalue weighted by Crippen LogP contribution is -2.10. The minimum Gasteiger partial charge on any atom is -0.493 e. The maximum atomic E-state index is 13.2. The fourth-order valence-corrected chi connectivity index (χ4v) is 3.33. The van der Waals surface area contributed by atoms with Crippen molar-refractivity contribution >= 4 is 16.9 Å². The molecule has 0 N–H and O–H groups in total. The highest BCUT2D eigenvalue weighted by Gasteiger charge is 2.17. The predicted molar refractivity (Wildman–Crippen MR) is 115 cm³/mol. The third-order valence-corrected chi connectivity index (χ3v) is 4.84. The number of carbonyl (C=O) groups is 1. The molecule has 0 spiro atoms. The molecule has 7 nitrogen and oxygen atoms in total. The molecule has 0 amide bonds. The second kappa shape index (κ2) is 8.31. The van der Waals surface area contributed by atoms with Crippen LogP contribution in [0.15, 0.2) is 70.1 Å². The van der Waals surface area contributed by atoms with Gasteiger partial charge in [-0.2, -0.15) is 0 Å². The summed E-state index contributed by atoms with van der Waals surface area (Å²) >= 11 is 0. The van der Waals surface area contributed by atoms with Gasteiger partial charge in [0, 0.05) is 18.5 Å².